The lowest BCUT2D eigenvalue weighted by molar-refractivity contribution is -0.137. The highest BCUT2D eigenvalue weighted by Crippen LogP contribution is 2.38. The molecule has 0 aromatic heterocycles. The lowest BCUT2D eigenvalue weighted by Gasteiger charge is -2.29. The van der Waals surface area contributed by atoms with Gasteiger partial charge < -0.3 is 9.47 Å². The number of hydrogen-bond acceptors (Lipinski definition) is 3. The number of ether oxygens (including phenoxy) is 2. The summed E-state index contributed by atoms with van der Waals surface area (Å²) in [6.45, 7) is 6.98. The smallest absolute Gasteiger partial charge is 0.330 e. The summed E-state index contributed by atoms with van der Waals surface area (Å²) in [6.07, 6.45) is 14.7. The Bertz CT molecular complexity index is 845. The van der Waals surface area contributed by atoms with Gasteiger partial charge in [0, 0.05) is 6.08 Å². The molecule has 3 heteroatoms. The predicted molar refractivity (Wildman–Crippen MR) is 141 cm³/mol. The van der Waals surface area contributed by atoms with Gasteiger partial charge in [0.25, 0.3) is 0 Å². The normalized spacial score (nSPS) is 17.8. The molecule has 0 aliphatic heterocycles. The molecule has 1 aliphatic rings. The summed E-state index contributed by atoms with van der Waals surface area (Å²) in [4.78, 5) is 11.1. The quantitative estimate of drug-likeness (QED) is 0.160. The molecule has 34 heavy (non-hydrogen) atoms. The third-order valence-electron chi connectivity index (χ3n) is 7.10. The molecule has 0 spiro atoms. The van der Waals surface area contributed by atoms with Crippen LogP contribution in [-0.2, 0) is 9.53 Å². The van der Waals surface area contributed by atoms with Gasteiger partial charge in [0.1, 0.15) is 5.75 Å². The topological polar surface area (TPSA) is 35.5 Å². The van der Waals surface area contributed by atoms with E-state index < -0.39 is 0 Å². The Kier molecular flexibility index (Phi) is 11.2. The van der Waals surface area contributed by atoms with Gasteiger partial charge in [-0.3, -0.25) is 0 Å². The monoisotopic (exact) mass is 462 g/mol. The molecule has 3 nitrogen and oxygen atoms in total. The zero-order valence-corrected chi connectivity index (χ0v) is 21.0. The Morgan fingerprint density at radius 2 is 1.50 bits per heavy atom. The van der Waals surface area contributed by atoms with Crippen molar-refractivity contribution in [3.05, 3.63) is 66.7 Å². The maximum absolute atomic E-state index is 11.1. The first-order valence-electron chi connectivity index (χ1n) is 13.3. The van der Waals surface area contributed by atoms with E-state index in [1.807, 2.05) is 0 Å². The highest BCUT2D eigenvalue weighted by molar-refractivity contribution is 5.81. The number of unbranched alkanes of at least 4 members (excludes halogenated alkanes) is 4. The standard InChI is InChI=1S/C31H42O3/c1-3-5-6-8-23-33-30-21-19-29(20-22-30)28-17-15-27(16-18-28)26-13-11-25(12-14-26)10-7-9-24-34-31(32)4-2/h4,15-22,25-26H,2-3,5-14,23-24H2,1H3. The Hall–Kier alpha value is -2.55. The van der Waals surface area contributed by atoms with Crippen molar-refractivity contribution in [3.63, 3.8) is 0 Å². The van der Waals surface area contributed by atoms with Crippen molar-refractivity contribution >= 4 is 5.97 Å². The van der Waals surface area contributed by atoms with Crippen molar-refractivity contribution in [2.45, 2.75) is 83.5 Å². The number of carbonyl (C=O) groups is 1. The van der Waals surface area contributed by atoms with Gasteiger partial charge in [0.2, 0.25) is 0 Å². The van der Waals surface area contributed by atoms with Crippen molar-refractivity contribution in [2.24, 2.45) is 5.92 Å². The summed E-state index contributed by atoms with van der Waals surface area (Å²) < 4.78 is 10.9. The number of benzene rings is 2. The van der Waals surface area contributed by atoms with E-state index in [9.17, 15) is 4.79 Å². The third kappa shape index (κ3) is 8.66. The molecule has 1 fully saturated rings. The summed E-state index contributed by atoms with van der Waals surface area (Å²) in [5.74, 6) is 2.15. The first-order chi connectivity index (χ1) is 16.7. The fourth-order valence-corrected chi connectivity index (χ4v) is 4.96. The molecule has 0 saturated heterocycles. The molecular formula is C31H42O3. The van der Waals surface area contributed by atoms with Crippen LogP contribution in [0.5, 0.6) is 5.75 Å². The Balaban J connectivity index is 1.38. The van der Waals surface area contributed by atoms with Crippen LogP contribution in [0, 0.1) is 5.92 Å². The van der Waals surface area contributed by atoms with Crippen molar-refractivity contribution in [1.29, 1.82) is 0 Å². The van der Waals surface area contributed by atoms with Crippen LogP contribution in [-0.4, -0.2) is 19.2 Å². The van der Waals surface area contributed by atoms with Crippen molar-refractivity contribution < 1.29 is 14.3 Å². The van der Waals surface area contributed by atoms with Gasteiger partial charge >= 0.3 is 5.97 Å². The van der Waals surface area contributed by atoms with Gasteiger partial charge in [-0.25, -0.2) is 4.79 Å². The molecule has 3 rings (SSSR count). The van der Waals surface area contributed by atoms with E-state index in [-0.39, 0.29) is 5.97 Å². The third-order valence-corrected chi connectivity index (χ3v) is 7.10. The average molecular weight is 463 g/mol. The van der Waals surface area contributed by atoms with E-state index in [1.54, 1.807) is 0 Å². The summed E-state index contributed by atoms with van der Waals surface area (Å²) in [6, 6.07) is 17.7. The fraction of sp³-hybridized carbons (Fsp3) is 0.516. The molecule has 0 heterocycles. The van der Waals surface area contributed by atoms with Crippen LogP contribution in [0.2, 0.25) is 0 Å². The summed E-state index contributed by atoms with van der Waals surface area (Å²) in [5.41, 5.74) is 3.99. The molecule has 0 N–H and O–H groups in total. The Morgan fingerprint density at radius 3 is 2.15 bits per heavy atom. The van der Waals surface area contributed by atoms with E-state index in [4.69, 9.17) is 9.47 Å². The van der Waals surface area contributed by atoms with Gasteiger partial charge in [0.15, 0.2) is 0 Å². The van der Waals surface area contributed by atoms with Crippen molar-refractivity contribution in [2.75, 3.05) is 13.2 Å². The van der Waals surface area contributed by atoms with Gasteiger partial charge in [-0.15, -0.1) is 0 Å². The fourth-order valence-electron chi connectivity index (χ4n) is 4.96. The minimum Gasteiger partial charge on any atom is -0.494 e. The summed E-state index contributed by atoms with van der Waals surface area (Å²) in [7, 11) is 0. The van der Waals surface area contributed by atoms with Gasteiger partial charge in [-0.2, -0.15) is 0 Å². The zero-order valence-electron chi connectivity index (χ0n) is 21.0. The molecule has 2 aromatic carbocycles. The number of carbonyl (C=O) groups excluding carboxylic acids is 1. The van der Waals surface area contributed by atoms with E-state index in [0.29, 0.717) is 12.5 Å². The van der Waals surface area contributed by atoms with Crippen molar-refractivity contribution in [3.8, 4) is 16.9 Å². The molecule has 184 valence electrons. The van der Waals surface area contributed by atoms with Crippen LogP contribution in [0.3, 0.4) is 0 Å². The van der Waals surface area contributed by atoms with Gasteiger partial charge in [-0.1, -0.05) is 75.6 Å². The van der Waals surface area contributed by atoms with Crippen LogP contribution in [0.1, 0.15) is 89.0 Å². The molecule has 0 radical (unpaired) electrons. The molecule has 0 unspecified atom stereocenters. The number of rotatable bonds is 14. The summed E-state index contributed by atoms with van der Waals surface area (Å²) >= 11 is 0. The predicted octanol–water partition coefficient (Wildman–Crippen LogP) is 8.49. The van der Waals surface area contributed by atoms with E-state index in [1.165, 1.54) is 74.1 Å². The maximum atomic E-state index is 11.1. The zero-order chi connectivity index (χ0) is 24.0. The Morgan fingerprint density at radius 1 is 0.853 bits per heavy atom. The van der Waals surface area contributed by atoms with Crippen LogP contribution in [0.15, 0.2) is 61.2 Å². The molecule has 1 saturated carbocycles. The molecule has 1 aliphatic carbocycles. The highest BCUT2D eigenvalue weighted by atomic mass is 16.5. The minimum atomic E-state index is -0.314. The number of hydrogen-bond donors (Lipinski definition) is 0. The van der Waals surface area contributed by atoms with Crippen molar-refractivity contribution in [1.82, 2.24) is 0 Å². The van der Waals surface area contributed by atoms with Crippen LogP contribution < -0.4 is 4.74 Å². The molecule has 0 amide bonds. The molecule has 0 atom stereocenters. The second-order valence-electron chi connectivity index (χ2n) is 9.64. The molecular weight excluding hydrogens is 420 g/mol. The van der Waals surface area contributed by atoms with E-state index in [0.717, 1.165) is 37.5 Å². The van der Waals surface area contributed by atoms with Crippen LogP contribution in [0.4, 0.5) is 0 Å². The Labute approximate surface area is 206 Å². The first-order valence-corrected chi connectivity index (χ1v) is 13.3. The molecule has 2 aromatic rings. The van der Waals surface area contributed by atoms with Gasteiger partial charge in [-0.05, 0) is 85.6 Å². The van der Waals surface area contributed by atoms with Gasteiger partial charge in [0.05, 0.1) is 13.2 Å². The summed E-state index contributed by atoms with van der Waals surface area (Å²) in [5, 5.41) is 0. The second kappa shape index (κ2) is 14.7. The molecule has 0 bridgehead atoms. The SMILES string of the molecule is C=CC(=O)OCCCCC1CCC(c2ccc(-c3ccc(OCCCCCC)cc3)cc2)CC1. The largest absolute Gasteiger partial charge is 0.494 e. The number of esters is 1. The van der Waals surface area contributed by atoms with Crippen LogP contribution in [0.25, 0.3) is 11.1 Å². The van der Waals surface area contributed by atoms with Crippen LogP contribution >= 0.6 is 0 Å². The lowest BCUT2D eigenvalue weighted by Crippen LogP contribution is -2.13. The van der Waals surface area contributed by atoms with E-state index in [2.05, 4.69) is 62.0 Å². The average Bonchev–Trinajstić information content (AvgIpc) is 2.89. The maximum Gasteiger partial charge on any atom is 0.330 e. The lowest BCUT2D eigenvalue weighted by atomic mass is 9.77. The highest BCUT2D eigenvalue weighted by Gasteiger charge is 2.22. The first kappa shape index (κ1) is 26.1. The van der Waals surface area contributed by atoms with E-state index >= 15 is 0 Å². The second-order valence-corrected chi connectivity index (χ2v) is 9.64. The minimum absolute atomic E-state index is 0.314.